The van der Waals surface area contributed by atoms with Gasteiger partial charge in [-0.15, -0.1) is 0 Å². The van der Waals surface area contributed by atoms with E-state index in [1.165, 1.54) is 4.31 Å². The Hall–Kier alpha value is -0.380. The van der Waals surface area contributed by atoms with Crippen LogP contribution in [-0.4, -0.2) is 56.1 Å². The van der Waals surface area contributed by atoms with Crippen LogP contribution in [0.3, 0.4) is 0 Å². The number of nitrogens with zero attached hydrogens (tertiary/aromatic N) is 1. The van der Waals surface area contributed by atoms with Crippen LogP contribution in [0.2, 0.25) is 0 Å². The van der Waals surface area contributed by atoms with Crippen LogP contribution in [0.1, 0.15) is 13.8 Å². The summed E-state index contributed by atoms with van der Waals surface area (Å²) in [6.07, 6.45) is -1.42. The summed E-state index contributed by atoms with van der Waals surface area (Å²) in [7, 11) is -3.87. The van der Waals surface area contributed by atoms with Gasteiger partial charge in [0.2, 0.25) is 0 Å². The van der Waals surface area contributed by atoms with Gasteiger partial charge in [-0.05, 0) is 13.8 Å². The van der Waals surface area contributed by atoms with Crippen LogP contribution in [-0.2, 0) is 19.7 Å². The van der Waals surface area contributed by atoms with Crippen molar-refractivity contribution in [2.45, 2.75) is 26.1 Å². The lowest BCUT2D eigenvalue weighted by Crippen LogP contribution is -2.54. The zero-order valence-electron chi connectivity index (χ0n) is 10.3. The molecule has 1 aliphatic heterocycles. The Bertz CT molecular complexity index is 388. The number of alkyl halides is 1. The Kier molecular flexibility index (Phi) is 5.83. The fourth-order valence-electron chi connectivity index (χ4n) is 1.61. The normalized spacial score (nSPS) is 25.7. The number of ether oxygens (including phenoxy) is 2. The number of carbonyl (C=O) groups is 1. The first kappa shape index (κ1) is 15.7. The van der Waals surface area contributed by atoms with E-state index in [0.29, 0.717) is 5.33 Å². The van der Waals surface area contributed by atoms with E-state index in [9.17, 15) is 13.2 Å². The maximum absolute atomic E-state index is 11.9. The first-order valence-electron chi connectivity index (χ1n) is 5.55. The van der Waals surface area contributed by atoms with Crippen molar-refractivity contribution in [1.29, 1.82) is 0 Å². The molecule has 1 rings (SSSR count). The number of halogens is 1. The molecule has 1 N–H and O–H groups in total. The van der Waals surface area contributed by atoms with Gasteiger partial charge < -0.3 is 9.47 Å². The molecule has 1 saturated heterocycles. The van der Waals surface area contributed by atoms with Crippen molar-refractivity contribution in [3.63, 3.8) is 0 Å². The Morgan fingerprint density at radius 2 is 2.22 bits per heavy atom. The Balaban J connectivity index is 2.69. The molecule has 2 unspecified atom stereocenters. The van der Waals surface area contributed by atoms with Gasteiger partial charge in [0.05, 0.1) is 18.8 Å². The highest BCUT2D eigenvalue weighted by Crippen LogP contribution is 2.15. The minimum absolute atomic E-state index is 0.116. The van der Waals surface area contributed by atoms with Crippen LogP contribution in [0, 0.1) is 0 Å². The topological polar surface area (TPSA) is 84.9 Å². The number of nitrogens with one attached hydrogen (secondary N) is 1. The lowest BCUT2D eigenvalue weighted by Gasteiger charge is -2.34. The quantitative estimate of drug-likeness (QED) is 0.749. The Morgan fingerprint density at radius 3 is 2.78 bits per heavy atom. The smallest absolute Gasteiger partial charge is 0.421 e. The largest absolute Gasteiger partial charge is 0.449 e. The van der Waals surface area contributed by atoms with Crippen molar-refractivity contribution in [1.82, 2.24) is 9.03 Å². The van der Waals surface area contributed by atoms with Crippen molar-refractivity contribution >= 4 is 32.2 Å². The van der Waals surface area contributed by atoms with Crippen molar-refractivity contribution in [3.05, 3.63) is 0 Å². The highest BCUT2D eigenvalue weighted by Gasteiger charge is 2.33. The van der Waals surface area contributed by atoms with Crippen LogP contribution in [0.5, 0.6) is 0 Å². The van der Waals surface area contributed by atoms with Crippen LogP contribution < -0.4 is 4.72 Å². The third-order valence-electron chi connectivity index (χ3n) is 2.29. The summed E-state index contributed by atoms with van der Waals surface area (Å²) < 4.78 is 37.0. The second kappa shape index (κ2) is 6.69. The molecule has 0 spiro atoms. The average Bonchev–Trinajstić information content (AvgIpc) is 2.27. The fourth-order valence-corrected chi connectivity index (χ4v) is 3.14. The fraction of sp³-hybridized carbons (Fsp3) is 0.889. The molecule has 0 aromatic heterocycles. The van der Waals surface area contributed by atoms with Gasteiger partial charge in [0.25, 0.3) is 0 Å². The van der Waals surface area contributed by atoms with Gasteiger partial charge in [-0.25, -0.2) is 9.52 Å². The molecule has 7 nitrogen and oxygen atoms in total. The highest BCUT2D eigenvalue weighted by atomic mass is 79.9. The van der Waals surface area contributed by atoms with E-state index in [1.54, 1.807) is 13.8 Å². The van der Waals surface area contributed by atoms with Gasteiger partial charge in [0, 0.05) is 18.4 Å². The monoisotopic (exact) mass is 344 g/mol. The summed E-state index contributed by atoms with van der Waals surface area (Å²) in [6, 6.07) is 0. The number of carbonyl (C=O) groups excluding carboxylic acids is 1. The molecule has 0 aromatic rings. The molecule has 1 heterocycles. The molecule has 1 amide bonds. The van der Waals surface area contributed by atoms with Gasteiger partial charge >= 0.3 is 16.3 Å². The predicted molar refractivity (Wildman–Crippen MR) is 68.8 cm³/mol. The van der Waals surface area contributed by atoms with E-state index >= 15 is 0 Å². The standard InChI is InChI=1S/C9H17BrN2O5S/c1-3-16-9(13)11-18(14,15)12-5-7(2)17-8(4-10)6-12/h7-8H,3-6H2,1-2H3,(H,11,13). The Morgan fingerprint density at radius 1 is 1.56 bits per heavy atom. The van der Waals surface area contributed by atoms with E-state index in [2.05, 4.69) is 20.7 Å². The zero-order chi connectivity index (χ0) is 13.8. The van der Waals surface area contributed by atoms with Crippen LogP contribution in [0.4, 0.5) is 4.79 Å². The lowest BCUT2D eigenvalue weighted by molar-refractivity contribution is -0.0414. The minimum Gasteiger partial charge on any atom is -0.449 e. The maximum Gasteiger partial charge on any atom is 0.421 e. The molecule has 9 heteroatoms. The van der Waals surface area contributed by atoms with Crippen LogP contribution >= 0.6 is 15.9 Å². The molecule has 0 aromatic carbocycles. The summed E-state index contributed by atoms with van der Waals surface area (Å²) in [5.74, 6) is 0. The number of rotatable bonds is 4. The summed E-state index contributed by atoms with van der Waals surface area (Å²) >= 11 is 3.25. The first-order chi connectivity index (χ1) is 8.39. The number of amides is 1. The maximum atomic E-state index is 11.9. The van der Waals surface area contributed by atoms with Gasteiger partial charge in [-0.2, -0.15) is 12.7 Å². The van der Waals surface area contributed by atoms with E-state index in [0.717, 1.165) is 0 Å². The van der Waals surface area contributed by atoms with Crippen molar-refractivity contribution in [2.75, 3.05) is 25.0 Å². The summed E-state index contributed by atoms with van der Waals surface area (Å²) in [4.78, 5) is 11.2. The van der Waals surface area contributed by atoms with Crippen molar-refractivity contribution in [3.8, 4) is 0 Å². The van der Waals surface area contributed by atoms with E-state index in [-0.39, 0.29) is 31.9 Å². The molecule has 1 aliphatic rings. The lowest BCUT2D eigenvalue weighted by atomic mass is 10.3. The van der Waals surface area contributed by atoms with E-state index in [1.807, 2.05) is 4.72 Å². The predicted octanol–water partition coefficient (Wildman–Crippen LogP) is 0.462. The molecule has 0 saturated carbocycles. The summed E-state index contributed by atoms with van der Waals surface area (Å²) in [5.41, 5.74) is 0. The number of hydrogen-bond donors (Lipinski definition) is 1. The average molecular weight is 345 g/mol. The molecule has 106 valence electrons. The van der Waals surface area contributed by atoms with Gasteiger partial charge in [-0.3, -0.25) is 0 Å². The van der Waals surface area contributed by atoms with Gasteiger partial charge in [-0.1, -0.05) is 15.9 Å². The van der Waals surface area contributed by atoms with Gasteiger partial charge in [0.1, 0.15) is 0 Å². The molecule has 0 aliphatic carbocycles. The van der Waals surface area contributed by atoms with Crippen molar-refractivity contribution in [2.24, 2.45) is 0 Å². The van der Waals surface area contributed by atoms with Crippen LogP contribution in [0.25, 0.3) is 0 Å². The second-order valence-corrected chi connectivity index (χ2v) is 6.19. The summed E-state index contributed by atoms with van der Waals surface area (Å²) in [5, 5.41) is 0.531. The molecular weight excluding hydrogens is 328 g/mol. The van der Waals surface area contributed by atoms with Crippen molar-refractivity contribution < 1.29 is 22.7 Å². The van der Waals surface area contributed by atoms with E-state index in [4.69, 9.17) is 4.74 Å². The van der Waals surface area contributed by atoms with E-state index < -0.39 is 16.3 Å². The number of hydrogen-bond acceptors (Lipinski definition) is 5. The van der Waals surface area contributed by atoms with Gasteiger partial charge in [0.15, 0.2) is 0 Å². The third-order valence-corrected chi connectivity index (χ3v) is 4.42. The molecular formula is C9H17BrN2O5S. The zero-order valence-corrected chi connectivity index (χ0v) is 12.7. The minimum atomic E-state index is -3.87. The second-order valence-electron chi connectivity index (χ2n) is 3.87. The third kappa shape index (κ3) is 4.38. The highest BCUT2D eigenvalue weighted by molar-refractivity contribution is 9.09. The first-order valence-corrected chi connectivity index (χ1v) is 8.11. The van der Waals surface area contributed by atoms with Crippen LogP contribution in [0.15, 0.2) is 0 Å². The molecule has 2 atom stereocenters. The number of morpholine rings is 1. The molecule has 0 bridgehead atoms. The Labute approximate surface area is 115 Å². The molecule has 1 fully saturated rings. The molecule has 18 heavy (non-hydrogen) atoms. The SMILES string of the molecule is CCOC(=O)NS(=O)(=O)N1CC(C)OC(CBr)C1. The summed E-state index contributed by atoms with van der Waals surface area (Å²) in [6.45, 7) is 3.90. The molecule has 0 radical (unpaired) electrons.